The lowest BCUT2D eigenvalue weighted by Gasteiger charge is -2.18. The molecule has 0 amide bonds. The van der Waals surface area contributed by atoms with E-state index in [0.717, 1.165) is 89.9 Å². The average Bonchev–Trinajstić information content (AvgIpc) is 3.28. The fourth-order valence-corrected chi connectivity index (χ4v) is 7.27. The zero-order valence-corrected chi connectivity index (χ0v) is 41.1. The molecule has 5 heteroatoms. The zero-order chi connectivity index (χ0) is 44.9. The molecule has 0 saturated heterocycles. The summed E-state index contributed by atoms with van der Waals surface area (Å²) >= 11 is 0. The molecule has 0 heterocycles. The highest BCUT2D eigenvalue weighted by molar-refractivity contribution is 5.69. The summed E-state index contributed by atoms with van der Waals surface area (Å²) in [6.45, 7) is 7.55. The largest absolute Gasteiger partial charge is 0.463 e. The van der Waals surface area contributed by atoms with Crippen LogP contribution < -0.4 is 0 Å². The SMILES string of the molecule is CC/C=C\C/C=C\C/C=C\C/C=C\CCCCC(=O)OC[C@H](COC(=O)CCCCCCC/C=C\C/C=C\CCCCC)OCCCCCCCCCCCCCCCCCC. The summed E-state index contributed by atoms with van der Waals surface area (Å²) in [5.74, 6) is -0.392. The maximum atomic E-state index is 12.6. The molecule has 62 heavy (non-hydrogen) atoms. The average molecular weight is 865 g/mol. The van der Waals surface area contributed by atoms with Gasteiger partial charge in [0.1, 0.15) is 19.3 Å². The summed E-state index contributed by atoms with van der Waals surface area (Å²) in [4.78, 5) is 25.2. The molecular weight excluding hydrogens is 765 g/mol. The number of ether oxygens (including phenoxy) is 3. The number of rotatable bonds is 48. The summed E-state index contributed by atoms with van der Waals surface area (Å²) in [7, 11) is 0. The molecule has 0 spiro atoms. The van der Waals surface area contributed by atoms with Gasteiger partial charge in [0, 0.05) is 19.4 Å². The van der Waals surface area contributed by atoms with Gasteiger partial charge in [0.15, 0.2) is 0 Å². The highest BCUT2D eigenvalue weighted by atomic mass is 16.6. The molecule has 0 unspecified atom stereocenters. The molecule has 0 aromatic rings. The van der Waals surface area contributed by atoms with Crippen LogP contribution in [0.15, 0.2) is 72.9 Å². The summed E-state index contributed by atoms with van der Waals surface area (Å²) in [5.41, 5.74) is 0. The van der Waals surface area contributed by atoms with Crippen LogP contribution in [-0.4, -0.2) is 37.9 Å². The lowest BCUT2D eigenvalue weighted by atomic mass is 10.0. The van der Waals surface area contributed by atoms with Gasteiger partial charge >= 0.3 is 11.9 Å². The summed E-state index contributed by atoms with van der Waals surface area (Å²) in [5, 5.41) is 0. The smallest absolute Gasteiger partial charge is 0.305 e. The third kappa shape index (κ3) is 50.0. The third-order valence-electron chi connectivity index (χ3n) is 11.3. The van der Waals surface area contributed by atoms with Crippen LogP contribution in [0.5, 0.6) is 0 Å². The predicted molar refractivity (Wildman–Crippen MR) is 270 cm³/mol. The number of unbranched alkanes of at least 4 members (excludes halogenated alkanes) is 25. The molecule has 0 aliphatic carbocycles. The zero-order valence-electron chi connectivity index (χ0n) is 41.1. The van der Waals surface area contributed by atoms with E-state index in [1.54, 1.807) is 0 Å². The van der Waals surface area contributed by atoms with E-state index in [2.05, 4.69) is 93.7 Å². The Morgan fingerprint density at radius 3 is 1.10 bits per heavy atom. The number of carbonyl (C=O) groups excluding carboxylic acids is 2. The lowest BCUT2D eigenvalue weighted by Crippen LogP contribution is -2.29. The van der Waals surface area contributed by atoms with E-state index in [9.17, 15) is 9.59 Å². The maximum Gasteiger partial charge on any atom is 0.305 e. The Balaban J connectivity index is 4.34. The minimum atomic E-state index is -0.423. The molecule has 5 nitrogen and oxygen atoms in total. The van der Waals surface area contributed by atoms with E-state index >= 15 is 0 Å². The van der Waals surface area contributed by atoms with Crippen molar-refractivity contribution in [3.63, 3.8) is 0 Å². The topological polar surface area (TPSA) is 61.8 Å². The van der Waals surface area contributed by atoms with Gasteiger partial charge in [0.05, 0.1) is 0 Å². The second kappa shape index (κ2) is 52.7. The first-order valence-corrected chi connectivity index (χ1v) is 26.5. The van der Waals surface area contributed by atoms with E-state index in [1.807, 2.05) is 0 Å². The first-order valence-electron chi connectivity index (χ1n) is 26.5. The van der Waals surface area contributed by atoms with Crippen LogP contribution in [0.25, 0.3) is 0 Å². The van der Waals surface area contributed by atoms with Crippen molar-refractivity contribution < 1.29 is 23.8 Å². The highest BCUT2D eigenvalue weighted by Crippen LogP contribution is 2.15. The molecule has 0 aliphatic rings. The molecule has 0 bridgehead atoms. The highest BCUT2D eigenvalue weighted by Gasteiger charge is 2.16. The predicted octanol–water partition coefficient (Wildman–Crippen LogP) is 17.9. The molecule has 1 atom stereocenters. The Kier molecular flexibility index (Phi) is 50.4. The van der Waals surface area contributed by atoms with Crippen LogP contribution in [0.1, 0.15) is 252 Å². The van der Waals surface area contributed by atoms with Gasteiger partial charge in [-0.15, -0.1) is 0 Å². The number of esters is 2. The van der Waals surface area contributed by atoms with E-state index < -0.39 is 6.10 Å². The van der Waals surface area contributed by atoms with Gasteiger partial charge in [0.2, 0.25) is 0 Å². The van der Waals surface area contributed by atoms with Crippen molar-refractivity contribution in [3.05, 3.63) is 72.9 Å². The maximum absolute atomic E-state index is 12.6. The molecule has 0 fully saturated rings. The van der Waals surface area contributed by atoms with Crippen molar-refractivity contribution in [1.82, 2.24) is 0 Å². The van der Waals surface area contributed by atoms with Crippen molar-refractivity contribution in [1.29, 1.82) is 0 Å². The number of carbonyl (C=O) groups is 2. The Bertz CT molecular complexity index is 1110. The van der Waals surface area contributed by atoms with E-state index in [1.165, 1.54) is 128 Å². The third-order valence-corrected chi connectivity index (χ3v) is 11.3. The molecule has 0 aliphatic heterocycles. The van der Waals surface area contributed by atoms with Crippen molar-refractivity contribution in [2.24, 2.45) is 0 Å². The number of hydrogen-bond donors (Lipinski definition) is 0. The number of hydrogen-bond acceptors (Lipinski definition) is 5. The van der Waals surface area contributed by atoms with Crippen LogP contribution in [-0.2, 0) is 23.8 Å². The Morgan fingerprint density at radius 2 is 0.661 bits per heavy atom. The van der Waals surface area contributed by atoms with Gasteiger partial charge in [-0.3, -0.25) is 9.59 Å². The molecule has 0 rings (SSSR count). The van der Waals surface area contributed by atoms with Gasteiger partial charge in [-0.05, 0) is 89.9 Å². The Labute approximate surface area is 385 Å². The van der Waals surface area contributed by atoms with Gasteiger partial charge in [-0.2, -0.15) is 0 Å². The molecule has 0 aromatic heterocycles. The monoisotopic (exact) mass is 865 g/mol. The van der Waals surface area contributed by atoms with Crippen molar-refractivity contribution in [2.45, 2.75) is 258 Å². The van der Waals surface area contributed by atoms with Crippen molar-refractivity contribution in [3.8, 4) is 0 Å². The van der Waals surface area contributed by atoms with Gasteiger partial charge in [0.25, 0.3) is 0 Å². The summed E-state index contributed by atoms with van der Waals surface area (Å²) in [6, 6.07) is 0. The second-order valence-electron chi connectivity index (χ2n) is 17.4. The summed E-state index contributed by atoms with van der Waals surface area (Å²) < 4.78 is 17.4. The summed E-state index contributed by atoms with van der Waals surface area (Å²) in [6.07, 6.45) is 67.9. The fraction of sp³-hybridized carbons (Fsp3) is 0.754. The van der Waals surface area contributed by atoms with Crippen LogP contribution >= 0.6 is 0 Å². The van der Waals surface area contributed by atoms with Gasteiger partial charge in [-0.1, -0.05) is 222 Å². The van der Waals surface area contributed by atoms with Gasteiger partial charge < -0.3 is 14.2 Å². The van der Waals surface area contributed by atoms with Crippen LogP contribution in [0.3, 0.4) is 0 Å². The molecule has 0 aromatic carbocycles. The minimum Gasteiger partial charge on any atom is -0.463 e. The fourth-order valence-electron chi connectivity index (χ4n) is 7.27. The van der Waals surface area contributed by atoms with Crippen molar-refractivity contribution >= 4 is 11.9 Å². The first-order chi connectivity index (χ1) is 30.6. The van der Waals surface area contributed by atoms with Crippen LogP contribution in [0.2, 0.25) is 0 Å². The number of allylic oxidation sites excluding steroid dienone is 12. The standard InChI is InChI=1S/C57H100O5/c1-4-7-10-13-16-19-22-25-28-31-34-37-40-43-46-49-52-60-55(53-61-56(58)50-47-44-41-38-35-32-29-26-23-20-17-14-11-8-5-2)54-62-57(59)51-48-45-42-39-36-33-30-27-24-21-18-15-12-9-6-3/h8,11,17-18,20-21,26-27,29-30,35,38,55H,4-7,9-10,12-16,19,22-25,28,31-34,36-37,39-54H2,1-3H3/b11-8-,20-17-,21-18-,29-26-,30-27-,38-35-/t55-/m1/s1. The Hall–Kier alpha value is -2.66. The van der Waals surface area contributed by atoms with Crippen LogP contribution in [0.4, 0.5) is 0 Å². The molecule has 358 valence electrons. The lowest BCUT2D eigenvalue weighted by molar-refractivity contribution is -0.155. The van der Waals surface area contributed by atoms with E-state index in [0.29, 0.717) is 19.4 Å². The van der Waals surface area contributed by atoms with Gasteiger partial charge in [-0.25, -0.2) is 0 Å². The van der Waals surface area contributed by atoms with E-state index in [4.69, 9.17) is 14.2 Å². The second-order valence-corrected chi connectivity index (χ2v) is 17.4. The Morgan fingerprint density at radius 1 is 0.355 bits per heavy atom. The quantitative estimate of drug-likeness (QED) is 0.0346. The minimum absolute atomic E-state index is 0.130. The van der Waals surface area contributed by atoms with Crippen molar-refractivity contribution in [2.75, 3.05) is 19.8 Å². The van der Waals surface area contributed by atoms with Crippen LogP contribution in [0, 0.1) is 0 Å². The first kappa shape index (κ1) is 59.3. The molecule has 0 N–H and O–H groups in total. The van der Waals surface area contributed by atoms with E-state index in [-0.39, 0.29) is 25.2 Å². The molecular formula is C57H100O5. The molecule has 0 radical (unpaired) electrons. The normalized spacial score (nSPS) is 12.8. The molecule has 0 saturated carbocycles.